The van der Waals surface area contributed by atoms with Crippen molar-refractivity contribution in [1.82, 2.24) is 9.97 Å². The Morgan fingerprint density at radius 1 is 0.889 bits per heavy atom. The van der Waals surface area contributed by atoms with Crippen LogP contribution >= 0.6 is 0 Å². The summed E-state index contributed by atoms with van der Waals surface area (Å²) in [5, 5.41) is 0. The summed E-state index contributed by atoms with van der Waals surface area (Å²) in [7, 11) is 0. The van der Waals surface area contributed by atoms with Crippen molar-refractivity contribution in [2.75, 3.05) is 0 Å². The van der Waals surface area contributed by atoms with Crippen molar-refractivity contribution in [3.8, 4) is 11.4 Å². The summed E-state index contributed by atoms with van der Waals surface area (Å²) in [6.45, 7) is 4.37. The second-order valence-corrected chi connectivity index (χ2v) is 4.57. The third-order valence-electron chi connectivity index (χ3n) is 2.97. The topological polar surface area (TPSA) is 25.8 Å². The quantitative estimate of drug-likeness (QED) is 0.788. The zero-order valence-corrected chi connectivity index (χ0v) is 11.2. The van der Waals surface area contributed by atoms with E-state index < -0.39 is 0 Å². The minimum Gasteiger partial charge on any atom is -0.237 e. The Bertz CT molecular complexity index is 489. The van der Waals surface area contributed by atoms with Gasteiger partial charge in [-0.15, -0.1) is 0 Å². The second-order valence-electron chi connectivity index (χ2n) is 4.57. The molecule has 0 spiro atoms. The van der Waals surface area contributed by atoms with Gasteiger partial charge in [0.2, 0.25) is 0 Å². The molecule has 0 amide bonds. The van der Waals surface area contributed by atoms with Crippen LogP contribution in [0.1, 0.15) is 37.9 Å². The Balaban J connectivity index is 2.22. The van der Waals surface area contributed by atoms with Gasteiger partial charge in [0, 0.05) is 17.5 Å². The Labute approximate surface area is 109 Å². The first-order valence-electron chi connectivity index (χ1n) is 6.74. The molecule has 1 aromatic carbocycles. The maximum atomic E-state index is 4.60. The average molecular weight is 240 g/mol. The maximum Gasteiger partial charge on any atom is 0.159 e. The van der Waals surface area contributed by atoms with E-state index in [1.807, 2.05) is 12.3 Å². The van der Waals surface area contributed by atoms with Gasteiger partial charge in [-0.05, 0) is 24.5 Å². The second kappa shape index (κ2) is 6.29. The average Bonchev–Trinajstić information content (AvgIpc) is 2.41. The number of aromatic nitrogens is 2. The molecule has 0 saturated carbocycles. The van der Waals surface area contributed by atoms with Crippen LogP contribution in [0.5, 0.6) is 0 Å². The van der Waals surface area contributed by atoms with Crippen molar-refractivity contribution in [3.05, 3.63) is 47.8 Å². The Kier molecular flexibility index (Phi) is 4.46. The SMILES string of the molecule is CCCc1ccc(-c2nccc(CCC)n2)cc1. The van der Waals surface area contributed by atoms with Crippen molar-refractivity contribution >= 4 is 0 Å². The zero-order chi connectivity index (χ0) is 12.8. The van der Waals surface area contributed by atoms with Gasteiger partial charge in [-0.3, -0.25) is 0 Å². The molecule has 2 heteroatoms. The van der Waals surface area contributed by atoms with Gasteiger partial charge in [0.05, 0.1) is 0 Å². The third kappa shape index (κ3) is 3.16. The summed E-state index contributed by atoms with van der Waals surface area (Å²) >= 11 is 0. The monoisotopic (exact) mass is 240 g/mol. The van der Waals surface area contributed by atoms with Gasteiger partial charge in [-0.2, -0.15) is 0 Å². The van der Waals surface area contributed by atoms with Gasteiger partial charge in [-0.1, -0.05) is 51.0 Å². The van der Waals surface area contributed by atoms with Crippen LogP contribution in [-0.4, -0.2) is 9.97 Å². The molecule has 0 saturated heterocycles. The fourth-order valence-corrected chi connectivity index (χ4v) is 2.04. The van der Waals surface area contributed by atoms with Crippen molar-refractivity contribution in [3.63, 3.8) is 0 Å². The molecule has 0 aliphatic rings. The fourth-order valence-electron chi connectivity index (χ4n) is 2.04. The molecule has 2 nitrogen and oxygen atoms in total. The van der Waals surface area contributed by atoms with E-state index in [1.165, 1.54) is 12.0 Å². The summed E-state index contributed by atoms with van der Waals surface area (Å²) in [4.78, 5) is 8.95. The van der Waals surface area contributed by atoms with E-state index in [4.69, 9.17) is 0 Å². The van der Waals surface area contributed by atoms with Crippen LogP contribution in [0, 0.1) is 0 Å². The fraction of sp³-hybridized carbons (Fsp3) is 0.375. The van der Waals surface area contributed by atoms with Crippen LogP contribution in [0.25, 0.3) is 11.4 Å². The third-order valence-corrected chi connectivity index (χ3v) is 2.97. The van der Waals surface area contributed by atoms with Crippen LogP contribution < -0.4 is 0 Å². The molecule has 0 fully saturated rings. The van der Waals surface area contributed by atoms with Gasteiger partial charge >= 0.3 is 0 Å². The van der Waals surface area contributed by atoms with Crippen molar-refractivity contribution < 1.29 is 0 Å². The maximum absolute atomic E-state index is 4.60. The first kappa shape index (κ1) is 12.7. The molecule has 0 bridgehead atoms. The molecule has 0 unspecified atom stereocenters. The summed E-state index contributed by atoms with van der Waals surface area (Å²) in [6, 6.07) is 10.6. The number of rotatable bonds is 5. The van der Waals surface area contributed by atoms with Gasteiger partial charge < -0.3 is 0 Å². The first-order chi connectivity index (χ1) is 8.83. The molecule has 0 aliphatic heterocycles. The lowest BCUT2D eigenvalue weighted by Crippen LogP contribution is -1.94. The molecular formula is C16H20N2. The smallest absolute Gasteiger partial charge is 0.159 e. The van der Waals surface area contributed by atoms with E-state index in [0.29, 0.717) is 0 Å². The van der Waals surface area contributed by atoms with E-state index in [-0.39, 0.29) is 0 Å². The van der Waals surface area contributed by atoms with Crippen LogP contribution in [0.15, 0.2) is 36.5 Å². The van der Waals surface area contributed by atoms with Crippen LogP contribution in [0.3, 0.4) is 0 Å². The van der Waals surface area contributed by atoms with Crippen LogP contribution in [0.2, 0.25) is 0 Å². The predicted molar refractivity (Wildman–Crippen MR) is 75.5 cm³/mol. The zero-order valence-electron chi connectivity index (χ0n) is 11.2. The normalized spacial score (nSPS) is 10.6. The molecule has 0 aliphatic carbocycles. The van der Waals surface area contributed by atoms with E-state index in [0.717, 1.165) is 36.3 Å². The predicted octanol–water partition coefficient (Wildman–Crippen LogP) is 4.05. The van der Waals surface area contributed by atoms with Crippen molar-refractivity contribution in [2.24, 2.45) is 0 Å². The molecule has 1 heterocycles. The number of hydrogen-bond donors (Lipinski definition) is 0. The molecule has 94 valence electrons. The Morgan fingerprint density at radius 3 is 2.28 bits per heavy atom. The largest absolute Gasteiger partial charge is 0.237 e. The standard InChI is InChI=1S/C16H20N2/c1-3-5-13-7-9-14(10-8-13)16-17-12-11-15(18-16)6-4-2/h7-12H,3-6H2,1-2H3. The molecule has 0 atom stereocenters. The highest BCUT2D eigenvalue weighted by Gasteiger charge is 2.02. The lowest BCUT2D eigenvalue weighted by Gasteiger charge is -2.04. The highest BCUT2D eigenvalue weighted by atomic mass is 14.9. The number of hydrogen-bond acceptors (Lipinski definition) is 2. The summed E-state index contributed by atoms with van der Waals surface area (Å²) in [5.74, 6) is 0.837. The van der Waals surface area contributed by atoms with Crippen molar-refractivity contribution in [2.45, 2.75) is 39.5 Å². The number of benzene rings is 1. The molecule has 2 aromatic rings. The highest BCUT2D eigenvalue weighted by Crippen LogP contribution is 2.16. The Morgan fingerprint density at radius 2 is 1.61 bits per heavy atom. The minimum absolute atomic E-state index is 0.837. The van der Waals surface area contributed by atoms with Gasteiger partial charge in [0.1, 0.15) is 0 Å². The van der Waals surface area contributed by atoms with E-state index in [9.17, 15) is 0 Å². The van der Waals surface area contributed by atoms with Gasteiger partial charge in [0.15, 0.2) is 5.82 Å². The van der Waals surface area contributed by atoms with E-state index >= 15 is 0 Å². The van der Waals surface area contributed by atoms with Crippen LogP contribution in [-0.2, 0) is 12.8 Å². The lowest BCUT2D eigenvalue weighted by atomic mass is 10.1. The number of aryl methyl sites for hydroxylation is 2. The summed E-state index contributed by atoms with van der Waals surface area (Å²) < 4.78 is 0. The molecule has 1 aromatic heterocycles. The van der Waals surface area contributed by atoms with E-state index in [1.54, 1.807) is 0 Å². The summed E-state index contributed by atoms with van der Waals surface area (Å²) in [6.07, 6.45) is 6.31. The molecule has 18 heavy (non-hydrogen) atoms. The Hall–Kier alpha value is -1.70. The van der Waals surface area contributed by atoms with E-state index in [2.05, 4.69) is 48.1 Å². The molecule has 2 rings (SSSR count). The van der Waals surface area contributed by atoms with Crippen LogP contribution in [0.4, 0.5) is 0 Å². The highest BCUT2D eigenvalue weighted by molar-refractivity contribution is 5.55. The minimum atomic E-state index is 0.837. The lowest BCUT2D eigenvalue weighted by molar-refractivity contribution is 0.875. The molecular weight excluding hydrogens is 220 g/mol. The molecule has 0 radical (unpaired) electrons. The number of nitrogens with zero attached hydrogens (tertiary/aromatic N) is 2. The first-order valence-corrected chi connectivity index (χ1v) is 6.74. The van der Waals surface area contributed by atoms with Gasteiger partial charge in [0.25, 0.3) is 0 Å². The van der Waals surface area contributed by atoms with Crippen molar-refractivity contribution in [1.29, 1.82) is 0 Å². The van der Waals surface area contributed by atoms with Gasteiger partial charge in [-0.25, -0.2) is 9.97 Å². The molecule has 0 N–H and O–H groups in total. The summed E-state index contributed by atoms with van der Waals surface area (Å²) in [5.41, 5.74) is 3.61.